The summed E-state index contributed by atoms with van der Waals surface area (Å²) in [6, 6.07) is 39.9. The number of carboxylic acid groups (broad SMARTS) is 1. The lowest BCUT2D eigenvalue weighted by Crippen LogP contribution is -2.08. The molecule has 0 heterocycles. The zero-order chi connectivity index (χ0) is 23.6. The topological polar surface area (TPSA) is 46.5 Å². The van der Waals surface area contributed by atoms with Gasteiger partial charge in [0.25, 0.3) is 0 Å². The molecule has 0 aliphatic rings. The molecule has 0 amide bonds. The maximum Gasteiger partial charge on any atom is 0.331 e. The Kier molecular flexibility index (Phi) is 7.70. The number of carbonyl (C=O) groups is 1. The minimum atomic E-state index is -1.04. The molecule has 4 aromatic carbocycles. The van der Waals surface area contributed by atoms with E-state index in [0.717, 1.165) is 33.9 Å². The molecule has 4 rings (SSSR count). The maximum absolute atomic E-state index is 11.7. The molecule has 34 heavy (non-hydrogen) atoms. The van der Waals surface area contributed by atoms with Crippen LogP contribution in [-0.4, -0.2) is 11.1 Å². The molecular formula is C31H26O3. The van der Waals surface area contributed by atoms with Crippen molar-refractivity contribution in [1.29, 1.82) is 0 Å². The molecule has 1 N–H and O–H groups in total. The summed E-state index contributed by atoms with van der Waals surface area (Å²) >= 11 is 0. The fourth-order valence-electron chi connectivity index (χ4n) is 3.85. The lowest BCUT2D eigenvalue weighted by atomic mass is 9.96. The van der Waals surface area contributed by atoms with Crippen LogP contribution in [0.1, 0.15) is 34.8 Å². The van der Waals surface area contributed by atoms with Crippen molar-refractivity contribution in [3.63, 3.8) is 0 Å². The molecule has 0 aromatic heterocycles. The van der Waals surface area contributed by atoms with Crippen molar-refractivity contribution in [2.45, 2.75) is 12.5 Å². The van der Waals surface area contributed by atoms with Gasteiger partial charge in [-0.15, -0.1) is 0 Å². The first-order valence-corrected chi connectivity index (χ1v) is 11.2. The van der Waals surface area contributed by atoms with Crippen LogP contribution in [0.2, 0.25) is 0 Å². The molecule has 0 spiro atoms. The second-order valence-corrected chi connectivity index (χ2v) is 7.82. The maximum atomic E-state index is 11.7. The first-order valence-electron chi connectivity index (χ1n) is 11.2. The van der Waals surface area contributed by atoms with Crippen molar-refractivity contribution in [2.75, 3.05) is 0 Å². The molecule has 4 aromatic rings. The highest BCUT2D eigenvalue weighted by atomic mass is 16.5. The molecular weight excluding hydrogens is 420 g/mol. The standard InChI is InChI=1S/C31H26O3/c32-30(33)23-28(34-31(26-17-9-3-10-18-26)27-19-11-4-12-20-27)21-22-29(24-13-5-1-6-14-24)25-15-7-2-8-16-25/h1-20,22-23,31H,21H2,(H,32,33)/b28-23+. The molecule has 0 aliphatic heterocycles. The average molecular weight is 447 g/mol. The zero-order valence-corrected chi connectivity index (χ0v) is 18.7. The molecule has 0 aliphatic carbocycles. The smallest absolute Gasteiger partial charge is 0.331 e. The van der Waals surface area contributed by atoms with Crippen LogP contribution in [0.15, 0.2) is 139 Å². The van der Waals surface area contributed by atoms with Gasteiger partial charge in [-0.3, -0.25) is 0 Å². The molecule has 3 heteroatoms. The number of ether oxygens (including phenoxy) is 1. The van der Waals surface area contributed by atoms with Crippen molar-refractivity contribution in [2.24, 2.45) is 0 Å². The SMILES string of the molecule is O=C(O)/C=C(\CC=C(c1ccccc1)c1ccccc1)OC(c1ccccc1)c1ccccc1. The molecule has 3 nitrogen and oxygen atoms in total. The Hall–Kier alpha value is -4.37. The van der Waals surface area contributed by atoms with E-state index in [0.29, 0.717) is 12.2 Å². The van der Waals surface area contributed by atoms with Crippen LogP contribution in [0, 0.1) is 0 Å². The number of hydrogen-bond acceptors (Lipinski definition) is 2. The van der Waals surface area contributed by atoms with Crippen molar-refractivity contribution < 1.29 is 14.6 Å². The fourth-order valence-corrected chi connectivity index (χ4v) is 3.85. The van der Waals surface area contributed by atoms with Crippen LogP contribution in [0.3, 0.4) is 0 Å². The minimum Gasteiger partial charge on any atom is -0.485 e. The zero-order valence-electron chi connectivity index (χ0n) is 18.7. The van der Waals surface area contributed by atoms with Gasteiger partial charge in [-0.05, 0) is 27.8 Å². The third-order valence-corrected chi connectivity index (χ3v) is 5.44. The number of hydrogen-bond donors (Lipinski definition) is 1. The molecule has 0 fully saturated rings. The largest absolute Gasteiger partial charge is 0.485 e. The second kappa shape index (κ2) is 11.5. The van der Waals surface area contributed by atoms with Gasteiger partial charge in [-0.1, -0.05) is 127 Å². The summed E-state index contributed by atoms with van der Waals surface area (Å²) in [5, 5.41) is 9.56. The van der Waals surface area contributed by atoms with Crippen molar-refractivity contribution in [3.8, 4) is 0 Å². The Labute approximate surface area is 200 Å². The lowest BCUT2D eigenvalue weighted by molar-refractivity contribution is -0.131. The monoisotopic (exact) mass is 446 g/mol. The van der Waals surface area contributed by atoms with Crippen LogP contribution in [0.25, 0.3) is 5.57 Å². The average Bonchev–Trinajstić information content (AvgIpc) is 2.89. The van der Waals surface area contributed by atoms with Crippen molar-refractivity contribution in [1.82, 2.24) is 0 Å². The second-order valence-electron chi connectivity index (χ2n) is 7.82. The van der Waals surface area contributed by atoms with E-state index in [1.54, 1.807) is 0 Å². The van der Waals surface area contributed by atoms with Gasteiger partial charge in [-0.25, -0.2) is 4.79 Å². The van der Waals surface area contributed by atoms with Crippen molar-refractivity contribution in [3.05, 3.63) is 161 Å². The van der Waals surface area contributed by atoms with E-state index >= 15 is 0 Å². The van der Waals surface area contributed by atoms with E-state index in [9.17, 15) is 9.90 Å². The van der Waals surface area contributed by atoms with Crippen LogP contribution in [0.5, 0.6) is 0 Å². The summed E-state index contributed by atoms with van der Waals surface area (Å²) in [5.41, 5.74) is 5.06. The third kappa shape index (κ3) is 6.11. The van der Waals surface area contributed by atoms with E-state index in [4.69, 9.17) is 4.74 Å². The Morgan fingerprint density at radius 2 is 1.09 bits per heavy atom. The molecule has 168 valence electrons. The fraction of sp³-hybridized carbons (Fsp3) is 0.0645. The number of carboxylic acids is 1. The van der Waals surface area contributed by atoms with Crippen LogP contribution in [0.4, 0.5) is 0 Å². The summed E-state index contributed by atoms with van der Waals surface area (Å²) in [6.45, 7) is 0. The summed E-state index contributed by atoms with van der Waals surface area (Å²) in [4.78, 5) is 11.7. The highest BCUT2D eigenvalue weighted by molar-refractivity contribution is 5.81. The van der Waals surface area contributed by atoms with E-state index in [-0.39, 0.29) is 0 Å². The first-order chi connectivity index (χ1) is 16.7. The Balaban J connectivity index is 1.70. The van der Waals surface area contributed by atoms with Gasteiger partial charge in [0.1, 0.15) is 11.9 Å². The van der Waals surface area contributed by atoms with Crippen LogP contribution < -0.4 is 0 Å². The Morgan fingerprint density at radius 1 is 0.676 bits per heavy atom. The number of benzene rings is 4. The summed E-state index contributed by atoms with van der Waals surface area (Å²) in [6.07, 6.45) is 3.11. The minimum absolute atomic E-state index is 0.335. The highest BCUT2D eigenvalue weighted by Gasteiger charge is 2.18. The molecule has 0 radical (unpaired) electrons. The van der Waals surface area contributed by atoms with Gasteiger partial charge >= 0.3 is 5.97 Å². The van der Waals surface area contributed by atoms with E-state index in [1.165, 1.54) is 0 Å². The van der Waals surface area contributed by atoms with E-state index in [2.05, 4.69) is 24.3 Å². The van der Waals surface area contributed by atoms with Gasteiger partial charge in [0.05, 0.1) is 6.08 Å². The van der Waals surface area contributed by atoms with Gasteiger partial charge < -0.3 is 9.84 Å². The Morgan fingerprint density at radius 3 is 1.50 bits per heavy atom. The number of rotatable bonds is 9. The predicted octanol–water partition coefficient (Wildman–Crippen LogP) is 7.28. The van der Waals surface area contributed by atoms with E-state index in [1.807, 2.05) is 103 Å². The summed E-state index contributed by atoms with van der Waals surface area (Å²) in [5.74, 6) is -0.654. The predicted molar refractivity (Wildman–Crippen MR) is 136 cm³/mol. The first kappa shape index (κ1) is 22.8. The number of aliphatic carboxylic acids is 1. The number of allylic oxidation sites excluding steroid dienone is 1. The van der Waals surface area contributed by atoms with Gasteiger partial charge in [0, 0.05) is 6.42 Å². The van der Waals surface area contributed by atoms with Gasteiger partial charge in [-0.2, -0.15) is 0 Å². The normalized spacial score (nSPS) is 11.1. The van der Waals surface area contributed by atoms with Gasteiger partial charge in [0.15, 0.2) is 0 Å². The molecule has 0 unspecified atom stereocenters. The lowest BCUT2D eigenvalue weighted by Gasteiger charge is -2.22. The molecule has 0 saturated carbocycles. The summed E-state index contributed by atoms with van der Waals surface area (Å²) in [7, 11) is 0. The quantitative estimate of drug-likeness (QED) is 0.217. The third-order valence-electron chi connectivity index (χ3n) is 5.44. The van der Waals surface area contributed by atoms with Crippen LogP contribution >= 0.6 is 0 Å². The highest BCUT2D eigenvalue weighted by Crippen LogP contribution is 2.31. The summed E-state index contributed by atoms with van der Waals surface area (Å²) < 4.78 is 6.39. The molecule has 0 bridgehead atoms. The molecule has 0 saturated heterocycles. The van der Waals surface area contributed by atoms with Crippen molar-refractivity contribution >= 4 is 11.5 Å². The van der Waals surface area contributed by atoms with E-state index < -0.39 is 12.1 Å². The van der Waals surface area contributed by atoms with Crippen LogP contribution in [-0.2, 0) is 9.53 Å². The van der Waals surface area contributed by atoms with Gasteiger partial charge in [0.2, 0.25) is 0 Å². The Bertz CT molecular complexity index is 1160. The molecule has 0 atom stereocenters.